The average Bonchev–Trinajstić information content (AvgIpc) is 2.75. The Morgan fingerprint density at radius 3 is 3.06 bits per heavy atom. The molecule has 4 heteroatoms. The number of carbonyl (C=O) groups excluding carboxylic acids is 1. The normalized spacial score (nSPS) is 12.6. The largest absolute Gasteiger partial charge is 0.469 e. The summed E-state index contributed by atoms with van der Waals surface area (Å²) in [6.07, 6.45) is 0.957. The van der Waals surface area contributed by atoms with Crippen molar-refractivity contribution >= 4 is 27.4 Å². The molecule has 0 radical (unpaired) electrons. The summed E-state index contributed by atoms with van der Waals surface area (Å²) in [4.78, 5) is 11.1. The monoisotopic (exact) mass is 249 g/mol. The van der Waals surface area contributed by atoms with Crippen LogP contribution in [-0.4, -0.2) is 19.1 Å². The van der Waals surface area contributed by atoms with Crippen molar-refractivity contribution in [1.82, 2.24) is 0 Å². The molecule has 90 valence electrons. The second kappa shape index (κ2) is 5.29. The fraction of sp³-hybridized carbons (Fsp3) is 0.308. The molecule has 0 saturated carbocycles. The van der Waals surface area contributed by atoms with Crippen molar-refractivity contribution in [3.05, 3.63) is 35.2 Å². The molecular weight excluding hydrogens is 234 g/mol. The predicted molar refractivity (Wildman–Crippen MR) is 70.1 cm³/mol. The molecule has 2 N–H and O–H groups in total. The van der Waals surface area contributed by atoms with E-state index in [1.807, 2.05) is 0 Å². The lowest BCUT2D eigenvalue weighted by Crippen LogP contribution is -2.26. The third-order valence-electron chi connectivity index (χ3n) is 2.67. The number of methoxy groups -OCH3 is 1. The molecule has 0 aliphatic rings. The molecule has 1 heterocycles. The Hall–Kier alpha value is -1.39. The van der Waals surface area contributed by atoms with Gasteiger partial charge in [0.2, 0.25) is 0 Å². The third kappa shape index (κ3) is 3.05. The van der Waals surface area contributed by atoms with E-state index in [9.17, 15) is 4.79 Å². The maximum atomic E-state index is 11.1. The topological polar surface area (TPSA) is 52.3 Å². The quantitative estimate of drug-likeness (QED) is 0.846. The van der Waals surface area contributed by atoms with E-state index >= 15 is 0 Å². The lowest BCUT2D eigenvalue weighted by molar-refractivity contribution is -0.140. The lowest BCUT2D eigenvalue weighted by atomic mass is 10.0. The van der Waals surface area contributed by atoms with Crippen LogP contribution in [0.1, 0.15) is 12.0 Å². The number of ether oxygens (including phenoxy) is 1. The Bertz CT molecular complexity index is 521. The summed E-state index contributed by atoms with van der Waals surface area (Å²) in [6, 6.07) is 8.20. The molecule has 1 aromatic heterocycles. The molecule has 0 spiro atoms. The smallest absolute Gasteiger partial charge is 0.307 e. The van der Waals surface area contributed by atoms with Gasteiger partial charge in [-0.2, -0.15) is 0 Å². The molecule has 0 bridgehead atoms. The van der Waals surface area contributed by atoms with Gasteiger partial charge in [-0.15, -0.1) is 11.3 Å². The van der Waals surface area contributed by atoms with Gasteiger partial charge in [0.15, 0.2) is 0 Å². The van der Waals surface area contributed by atoms with Crippen LogP contribution in [0.15, 0.2) is 29.6 Å². The first-order valence-electron chi connectivity index (χ1n) is 5.47. The first kappa shape index (κ1) is 12.1. The Balaban J connectivity index is 2.04. The number of rotatable bonds is 4. The summed E-state index contributed by atoms with van der Waals surface area (Å²) >= 11 is 1.72. The third-order valence-corrected chi connectivity index (χ3v) is 3.57. The summed E-state index contributed by atoms with van der Waals surface area (Å²) in [7, 11) is 1.38. The number of benzene rings is 1. The summed E-state index contributed by atoms with van der Waals surface area (Å²) in [5, 5.41) is 3.31. The number of hydrogen-bond donors (Lipinski definition) is 1. The first-order chi connectivity index (χ1) is 8.19. The molecule has 1 atom stereocenters. The number of nitrogens with two attached hydrogens (primary N) is 1. The minimum absolute atomic E-state index is 0.182. The van der Waals surface area contributed by atoms with Crippen molar-refractivity contribution in [3.8, 4) is 0 Å². The van der Waals surface area contributed by atoms with Crippen molar-refractivity contribution in [2.75, 3.05) is 7.11 Å². The average molecular weight is 249 g/mol. The Kier molecular flexibility index (Phi) is 3.76. The maximum absolute atomic E-state index is 11.1. The Labute approximate surface area is 104 Å². The van der Waals surface area contributed by atoms with Crippen LogP contribution in [0.5, 0.6) is 0 Å². The van der Waals surface area contributed by atoms with Crippen molar-refractivity contribution in [2.45, 2.75) is 18.9 Å². The molecule has 0 aliphatic heterocycles. The van der Waals surface area contributed by atoms with E-state index in [1.54, 1.807) is 11.3 Å². The van der Waals surface area contributed by atoms with E-state index in [-0.39, 0.29) is 18.4 Å². The molecule has 3 nitrogen and oxygen atoms in total. The second-order valence-corrected chi connectivity index (χ2v) is 4.98. The van der Waals surface area contributed by atoms with Gasteiger partial charge in [-0.3, -0.25) is 4.79 Å². The first-order valence-corrected chi connectivity index (χ1v) is 6.35. The molecule has 0 amide bonds. The Morgan fingerprint density at radius 2 is 2.29 bits per heavy atom. The highest BCUT2D eigenvalue weighted by atomic mass is 32.1. The fourth-order valence-corrected chi connectivity index (χ4v) is 2.59. The zero-order valence-electron chi connectivity index (χ0n) is 9.68. The van der Waals surface area contributed by atoms with Gasteiger partial charge in [0.1, 0.15) is 0 Å². The van der Waals surface area contributed by atoms with Crippen molar-refractivity contribution in [2.24, 2.45) is 5.73 Å². The van der Waals surface area contributed by atoms with Crippen LogP contribution in [0.3, 0.4) is 0 Å². The Morgan fingerprint density at radius 1 is 1.47 bits per heavy atom. The predicted octanol–water partition coefficient (Wildman–Crippen LogP) is 2.33. The van der Waals surface area contributed by atoms with Gasteiger partial charge in [-0.05, 0) is 34.9 Å². The molecule has 1 unspecified atom stereocenters. The zero-order chi connectivity index (χ0) is 12.3. The van der Waals surface area contributed by atoms with Gasteiger partial charge in [0, 0.05) is 10.7 Å². The van der Waals surface area contributed by atoms with E-state index in [0.717, 1.165) is 5.56 Å². The van der Waals surface area contributed by atoms with Crippen LogP contribution >= 0.6 is 11.3 Å². The minimum atomic E-state index is -0.255. The van der Waals surface area contributed by atoms with E-state index in [4.69, 9.17) is 5.73 Å². The maximum Gasteiger partial charge on any atom is 0.307 e. The van der Waals surface area contributed by atoms with Gasteiger partial charge in [-0.1, -0.05) is 12.1 Å². The fourth-order valence-electron chi connectivity index (χ4n) is 1.82. The standard InChI is InChI=1S/C13H15NO2S/c1-16-13(15)8-11(14)7-9-2-3-12-10(6-9)4-5-17-12/h2-6,11H,7-8,14H2,1H3. The number of thiophene rings is 1. The van der Waals surface area contributed by atoms with Crippen molar-refractivity contribution in [1.29, 1.82) is 0 Å². The van der Waals surface area contributed by atoms with Crippen LogP contribution in [0.4, 0.5) is 0 Å². The molecule has 17 heavy (non-hydrogen) atoms. The van der Waals surface area contributed by atoms with E-state index in [2.05, 4.69) is 34.4 Å². The number of hydrogen-bond acceptors (Lipinski definition) is 4. The van der Waals surface area contributed by atoms with Gasteiger partial charge >= 0.3 is 5.97 Å². The summed E-state index contributed by atoms with van der Waals surface area (Å²) in [5.74, 6) is -0.255. The second-order valence-electron chi connectivity index (χ2n) is 4.04. The van der Waals surface area contributed by atoms with Gasteiger partial charge in [0.05, 0.1) is 13.5 Å². The van der Waals surface area contributed by atoms with Gasteiger partial charge < -0.3 is 10.5 Å². The van der Waals surface area contributed by atoms with Crippen molar-refractivity contribution < 1.29 is 9.53 Å². The number of fused-ring (bicyclic) bond motifs is 1. The summed E-state index contributed by atoms with van der Waals surface area (Å²) in [5.41, 5.74) is 7.06. The highest BCUT2D eigenvalue weighted by molar-refractivity contribution is 7.17. The van der Waals surface area contributed by atoms with Crippen LogP contribution in [0.2, 0.25) is 0 Å². The SMILES string of the molecule is COC(=O)CC(N)Cc1ccc2sccc2c1. The van der Waals surface area contributed by atoms with Crippen LogP contribution in [0, 0.1) is 0 Å². The lowest BCUT2D eigenvalue weighted by Gasteiger charge is -2.10. The molecule has 0 saturated heterocycles. The molecule has 2 rings (SSSR count). The van der Waals surface area contributed by atoms with Gasteiger partial charge in [-0.25, -0.2) is 0 Å². The highest BCUT2D eigenvalue weighted by Gasteiger charge is 2.10. The molecule has 2 aromatic rings. The van der Waals surface area contributed by atoms with Crippen LogP contribution < -0.4 is 5.73 Å². The molecule has 0 aliphatic carbocycles. The summed E-state index contributed by atoms with van der Waals surface area (Å²) < 4.78 is 5.87. The molecular formula is C13H15NO2S. The molecule has 0 fully saturated rings. The van der Waals surface area contributed by atoms with E-state index in [1.165, 1.54) is 17.2 Å². The molecule has 1 aromatic carbocycles. The zero-order valence-corrected chi connectivity index (χ0v) is 10.5. The van der Waals surface area contributed by atoms with Crippen LogP contribution in [-0.2, 0) is 16.0 Å². The number of esters is 1. The minimum Gasteiger partial charge on any atom is -0.469 e. The van der Waals surface area contributed by atoms with Crippen LogP contribution in [0.25, 0.3) is 10.1 Å². The highest BCUT2D eigenvalue weighted by Crippen LogP contribution is 2.22. The van der Waals surface area contributed by atoms with E-state index < -0.39 is 0 Å². The van der Waals surface area contributed by atoms with E-state index in [0.29, 0.717) is 6.42 Å². The van der Waals surface area contributed by atoms with Gasteiger partial charge in [0.25, 0.3) is 0 Å². The summed E-state index contributed by atoms with van der Waals surface area (Å²) in [6.45, 7) is 0. The number of carbonyl (C=O) groups is 1. The van der Waals surface area contributed by atoms with Crippen molar-refractivity contribution in [3.63, 3.8) is 0 Å².